The van der Waals surface area contributed by atoms with Gasteiger partial charge in [-0.3, -0.25) is 4.79 Å². The minimum atomic E-state index is -0.803. The van der Waals surface area contributed by atoms with Gasteiger partial charge in [-0.15, -0.1) is 0 Å². The Kier molecular flexibility index (Phi) is 4.04. The average Bonchev–Trinajstić information content (AvgIpc) is 2.50. The molecule has 0 bridgehead atoms. The molecule has 0 radical (unpaired) electrons. The number of carboxylic acids is 1. The molecule has 1 saturated heterocycles. The Morgan fingerprint density at radius 2 is 2.11 bits per heavy atom. The van der Waals surface area contributed by atoms with Crippen molar-refractivity contribution in [2.75, 3.05) is 31.6 Å². The first-order valence-corrected chi connectivity index (χ1v) is 6.41. The Morgan fingerprint density at radius 3 is 2.74 bits per heavy atom. The number of rotatable bonds is 2. The predicted molar refractivity (Wildman–Crippen MR) is 71.8 cm³/mol. The van der Waals surface area contributed by atoms with Crippen LogP contribution in [0, 0.1) is 11.7 Å². The summed E-state index contributed by atoms with van der Waals surface area (Å²) in [5.74, 6) is -1.56. The number of carboxylic acid groups (broad SMARTS) is 1. The van der Waals surface area contributed by atoms with Crippen LogP contribution in [0.3, 0.4) is 0 Å². The normalized spacial score (nSPS) is 25.1. The second-order valence-electron chi connectivity index (χ2n) is 5.21. The number of hydrogen-bond donors (Lipinski definition) is 1. The van der Waals surface area contributed by atoms with Crippen LogP contribution in [-0.2, 0) is 4.79 Å². The molecular formula is C14H19FN2O2. The van der Waals surface area contributed by atoms with Crippen molar-refractivity contribution in [1.82, 2.24) is 4.90 Å². The Morgan fingerprint density at radius 1 is 1.37 bits per heavy atom. The molecule has 2 unspecified atom stereocenters. The van der Waals surface area contributed by atoms with Gasteiger partial charge < -0.3 is 14.9 Å². The third kappa shape index (κ3) is 3.23. The molecule has 4 nitrogen and oxygen atoms in total. The minimum absolute atomic E-state index is 0.229. The van der Waals surface area contributed by atoms with Gasteiger partial charge in [0.15, 0.2) is 0 Å². The summed E-state index contributed by atoms with van der Waals surface area (Å²) >= 11 is 0. The maximum absolute atomic E-state index is 13.3. The van der Waals surface area contributed by atoms with Crippen LogP contribution in [0.2, 0.25) is 0 Å². The number of nitrogens with zero attached hydrogens (tertiary/aromatic N) is 2. The van der Waals surface area contributed by atoms with E-state index in [1.54, 1.807) is 6.07 Å². The smallest absolute Gasteiger partial charge is 0.309 e. The van der Waals surface area contributed by atoms with Crippen LogP contribution < -0.4 is 4.90 Å². The van der Waals surface area contributed by atoms with Crippen molar-refractivity contribution in [3.63, 3.8) is 0 Å². The SMILES string of the molecule is CC1CN(c2cccc(F)c2)CC(C(=O)O)CN1C. The van der Waals surface area contributed by atoms with E-state index >= 15 is 0 Å². The van der Waals surface area contributed by atoms with E-state index in [2.05, 4.69) is 6.92 Å². The van der Waals surface area contributed by atoms with E-state index in [0.717, 1.165) is 5.69 Å². The van der Waals surface area contributed by atoms with E-state index in [1.165, 1.54) is 12.1 Å². The van der Waals surface area contributed by atoms with Gasteiger partial charge in [0.05, 0.1) is 5.92 Å². The molecule has 2 atom stereocenters. The lowest BCUT2D eigenvalue weighted by molar-refractivity contribution is -0.141. The standard InChI is InChI=1S/C14H19FN2O2/c1-10-7-17(13-5-3-4-12(15)6-13)9-11(14(18)19)8-16(10)2/h3-6,10-11H,7-9H2,1-2H3,(H,18,19). The van der Waals surface area contributed by atoms with Gasteiger partial charge in [0.2, 0.25) is 0 Å². The van der Waals surface area contributed by atoms with Gasteiger partial charge >= 0.3 is 5.97 Å². The zero-order valence-corrected chi connectivity index (χ0v) is 11.2. The van der Waals surface area contributed by atoms with Gasteiger partial charge in [-0.1, -0.05) is 6.07 Å². The van der Waals surface area contributed by atoms with Crippen LogP contribution in [0.15, 0.2) is 24.3 Å². The first-order valence-electron chi connectivity index (χ1n) is 6.41. The summed E-state index contributed by atoms with van der Waals surface area (Å²) in [6.45, 7) is 3.68. The lowest BCUT2D eigenvalue weighted by Crippen LogP contribution is -2.36. The van der Waals surface area contributed by atoms with Crippen LogP contribution in [-0.4, -0.2) is 48.7 Å². The predicted octanol–water partition coefficient (Wildman–Crippen LogP) is 1.67. The number of halogens is 1. The molecule has 1 N–H and O–H groups in total. The summed E-state index contributed by atoms with van der Waals surface area (Å²) in [6.07, 6.45) is 0. The fourth-order valence-electron chi connectivity index (χ4n) is 2.42. The zero-order chi connectivity index (χ0) is 14.0. The Balaban J connectivity index is 2.25. The lowest BCUT2D eigenvalue weighted by Gasteiger charge is -2.27. The highest BCUT2D eigenvalue weighted by Gasteiger charge is 2.29. The van der Waals surface area contributed by atoms with Crippen molar-refractivity contribution < 1.29 is 14.3 Å². The van der Waals surface area contributed by atoms with Gasteiger partial charge in [-0.2, -0.15) is 0 Å². The average molecular weight is 266 g/mol. The van der Waals surface area contributed by atoms with Crippen molar-refractivity contribution in [2.45, 2.75) is 13.0 Å². The Labute approximate surface area is 112 Å². The fourth-order valence-corrected chi connectivity index (χ4v) is 2.42. The number of aliphatic carboxylic acids is 1. The van der Waals surface area contributed by atoms with Crippen LogP contribution in [0.25, 0.3) is 0 Å². The van der Waals surface area contributed by atoms with E-state index in [9.17, 15) is 14.3 Å². The molecule has 0 aromatic heterocycles. The summed E-state index contributed by atoms with van der Waals surface area (Å²) in [4.78, 5) is 15.3. The maximum atomic E-state index is 13.3. The second kappa shape index (κ2) is 5.57. The van der Waals surface area contributed by atoms with Crippen LogP contribution in [0.1, 0.15) is 6.92 Å². The van der Waals surface area contributed by atoms with Crippen molar-refractivity contribution in [3.05, 3.63) is 30.1 Å². The molecule has 104 valence electrons. The monoisotopic (exact) mass is 266 g/mol. The van der Waals surface area contributed by atoms with Crippen molar-refractivity contribution in [2.24, 2.45) is 5.92 Å². The number of anilines is 1. The lowest BCUT2D eigenvalue weighted by atomic mass is 10.1. The molecule has 1 aromatic carbocycles. The molecule has 0 aliphatic carbocycles. The Hall–Kier alpha value is -1.62. The minimum Gasteiger partial charge on any atom is -0.481 e. The number of carbonyl (C=O) groups is 1. The fraction of sp³-hybridized carbons (Fsp3) is 0.500. The number of likely N-dealkylation sites (N-methyl/N-ethyl adjacent to an activating group) is 1. The first kappa shape index (κ1) is 13.8. The Bertz CT molecular complexity index is 467. The highest BCUT2D eigenvalue weighted by atomic mass is 19.1. The van der Waals surface area contributed by atoms with Crippen LogP contribution >= 0.6 is 0 Å². The molecule has 1 fully saturated rings. The van der Waals surface area contributed by atoms with Crippen molar-refractivity contribution >= 4 is 11.7 Å². The molecule has 5 heteroatoms. The molecule has 19 heavy (non-hydrogen) atoms. The van der Waals surface area contributed by atoms with Gasteiger partial charge in [0.1, 0.15) is 5.82 Å². The summed E-state index contributed by atoms with van der Waals surface area (Å²) in [5, 5.41) is 9.26. The highest BCUT2D eigenvalue weighted by Crippen LogP contribution is 2.21. The van der Waals surface area contributed by atoms with Crippen LogP contribution in [0.5, 0.6) is 0 Å². The number of hydrogen-bond acceptors (Lipinski definition) is 3. The molecule has 0 amide bonds. The van der Waals surface area contributed by atoms with E-state index < -0.39 is 11.9 Å². The molecule has 0 spiro atoms. The second-order valence-corrected chi connectivity index (χ2v) is 5.21. The topological polar surface area (TPSA) is 43.8 Å². The van der Waals surface area contributed by atoms with Crippen molar-refractivity contribution in [1.29, 1.82) is 0 Å². The maximum Gasteiger partial charge on any atom is 0.309 e. The van der Waals surface area contributed by atoms with Crippen molar-refractivity contribution in [3.8, 4) is 0 Å². The summed E-state index contributed by atoms with van der Waals surface area (Å²) in [6, 6.07) is 6.55. The highest BCUT2D eigenvalue weighted by molar-refractivity contribution is 5.71. The quantitative estimate of drug-likeness (QED) is 0.884. The third-order valence-corrected chi connectivity index (χ3v) is 3.71. The molecule has 1 aliphatic rings. The summed E-state index contributed by atoms with van der Waals surface area (Å²) in [7, 11) is 1.93. The molecule has 2 rings (SSSR count). The van der Waals surface area contributed by atoms with E-state index in [4.69, 9.17) is 0 Å². The molecule has 0 saturated carbocycles. The molecule has 1 aromatic rings. The van der Waals surface area contributed by atoms with Gasteiger partial charge in [0, 0.05) is 31.4 Å². The molecular weight excluding hydrogens is 247 g/mol. The van der Waals surface area contributed by atoms with Gasteiger partial charge in [-0.25, -0.2) is 4.39 Å². The molecule has 1 aliphatic heterocycles. The summed E-state index contributed by atoms with van der Waals surface area (Å²) in [5.41, 5.74) is 0.744. The largest absolute Gasteiger partial charge is 0.481 e. The molecule has 1 heterocycles. The number of benzene rings is 1. The van der Waals surface area contributed by atoms with Crippen LogP contribution in [0.4, 0.5) is 10.1 Å². The first-order chi connectivity index (χ1) is 8.97. The van der Waals surface area contributed by atoms with E-state index in [1.807, 2.05) is 22.9 Å². The summed E-state index contributed by atoms with van der Waals surface area (Å²) < 4.78 is 13.3. The van der Waals surface area contributed by atoms with E-state index in [-0.39, 0.29) is 11.9 Å². The van der Waals surface area contributed by atoms with E-state index in [0.29, 0.717) is 19.6 Å². The zero-order valence-electron chi connectivity index (χ0n) is 11.2. The third-order valence-electron chi connectivity index (χ3n) is 3.71. The van der Waals surface area contributed by atoms with Gasteiger partial charge in [-0.05, 0) is 32.2 Å². The van der Waals surface area contributed by atoms with Gasteiger partial charge in [0.25, 0.3) is 0 Å².